The van der Waals surface area contributed by atoms with E-state index in [1.165, 1.54) is 12.1 Å². The summed E-state index contributed by atoms with van der Waals surface area (Å²) in [5.74, 6) is -0.414. The first-order chi connectivity index (χ1) is 9.77. The molecule has 118 valence electrons. The molecule has 0 unspecified atom stereocenters. The van der Waals surface area contributed by atoms with Gasteiger partial charge in [-0.1, -0.05) is 37.8 Å². The van der Waals surface area contributed by atoms with Gasteiger partial charge in [0.25, 0.3) is 5.91 Å². The molecule has 0 saturated heterocycles. The van der Waals surface area contributed by atoms with Crippen molar-refractivity contribution < 1.29 is 13.2 Å². The summed E-state index contributed by atoms with van der Waals surface area (Å²) in [4.78, 5) is 11.9. The summed E-state index contributed by atoms with van der Waals surface area (Å²) in [6.45, 7) is 2.63. The second-order valence-corrected chi connectivity index (χ2v) is 7.42. The fraction of sp³-hybridized carbons (Fsp3) is 0.462. The van der Waals surface area contributed by atoms with Gasteiger partial charge in [0.2, 0.25) is 10.0 Å². The van der Waals surface area contributed by atoms with Gasteiger partial charge >= 0.3 is 0 Å². The molecule has 0 fully saturated rings. The van der Waals surface area contributed by atoms with Crippen molar-refractivity contribution in [3.8, 4) is 0 Å². The van der Waals surface area contributed by atoms with Crippen LogP contribution in [-0.2, 0) is 10.0 Å². The second-order valence-electron chi connectivity index (χ2n) is 4.63. The van der Waals surface area contributed by atoms with E-state index < -0.39 is 15.9 Å². The van der Waals surface area contributed by atoms with Crippen LogP contribution in [0.1, 0.15) is 43.0 Å². The van der Waals surface area contributed by atoms with Crippen molar-refractivity contribution in [3.05, 3.63) is 27.2 Å². The van der Waals surface area contributed by atoms with Crippen LogP contribution in [0.4, 0.5) is 0 Å². The van der Waals surface area contributed by atoms with E-state index in [9.17, 15) is 13.2 Å². The third kappa shape index (κ3) is 5.58. The normalized spacial score (nSPS) is 11.4. The molecular weight excluding hydrogens is 380 g/mol. The molecule has 0 bridgehead atoms. The van der Waals surface area contributed by atoms with E-state index in [4.69, 9.17) is 16.7 Å². The van der Waals surface area contributed by atoms with Gasteiger partial charge < -0.3 is 5.32 Å². The average molecular weight is 398 g/mol. The van der Waals surface area contributed by atoms with Crippen molar-refractivity contribution >= 4 is 43.5 Å². The molecule has 1 aromatic rings. The molecule has 0 radical (unpaired) electrons. The third-order valence-corrected chi connectivity index (χ3v) is 5.04. The van der Waals surface area contributed by atoms with Crippen LogP contribution in [-0.4, -0.2) is 20.9 Å². The van der Waals surface area contributed by atoms with Gasteiger partial charge in [0, 0.05) is 11.0 Å². The molecule has 8 heteroatoms. The minimum absolute atomic E-state index is 0.0885. The van der Waals surface area contributed by atoms with E-state index in [1.54, 1.807) is 0 Å². The van der Waals surface area contributed by atoms with Crippen LogP contribution in [0.2, 0.25) is 5.02 Å². The highest BCUT2D eigenvalue weighted by Crippen LogP contribution is 2.29. The Morgan fingerprint density at radius 3 is 2.57 bits per heavy atom. The summed E-state index contributed by atoms with van der Waals surface area (Å²) in [6.07, 6.45) is 4.13. The predicted octanol–water partition coefficient (Wildman–Crippen LogP) is 3.06. The Labute approximate surface area is 138 Å². The van der Waals surface area contributed by atoms with Gasteiger partial charge in [0.05, 0.1) is 15.5 Å². The third-order valence-electron chi connectivity index (χ3n) is 2.89. The summed E-state index contributed by atoms with van der Waals surface area (Å²) in [5, 5.41) is 7.96. The second kappa shape index (κ2) is 8.12. The molecule has 0 aliphatic heterocycles. The van der Waals surface area contributed by atoms with Gasteiger partial charge in [0.1, 0.15) is 0 Å². The van der Waals surface area contributed by atoms with Crippen LogP contribution in [0.3, 0.4) is 0 Å². The minimum atomic E-state index is -3.90. The summed E-state index contributed by atoms with van der Waals surface area (Å²) >= 11 is 9.16. The van der Waals surface area contributed by atoms with E-state index in [-0.39, 0.29) is 15.5 Å². The number of benzene rings is 1. The molecular formula is C13H18BrClN2O3S. The Balaban J connectivity index is 2.86. The lowest BCUT2D eigenvalue weighted by Crippen LogP contribution is -2.25. The number of halogens is 2. The number of carbonyl (C=O) groups is 1. The van der Waals surface area contributed by atoms with Crippen LogP contribution < -0.4 is 10.5 Å². The lowest BCUT2D eigenvalue weighted by Gasteiger charge is -2.10. The Kier molecular flexibility index (Phi) is 7.12. The van der Waals surface area contributed by atoms with E-state index in [2.05, 4.69) is 28.2 Å². The molecule has 0 atom stereocenters. The Bertz CT molecular complexity index is 620. The first kappa shape index (κ1) is 18.4. The minimum Gasteiger partial charge on any atom is -0.352 e. The zero-order valence-electron chi connectivity index (χ0n) is 11.7. The number of hydrogen-bond acceptors (Lipinski definition) is 3. The van der Waals surface area contributed by atoms with Crippen molar-refractivity contribution in [1.82, 2.24) is 5.32 Å². The molecule has 5 nitrogen and oxygen atoms in total. The highest BCUT2D eigenvalue weighted by molar-refractivity contribution is 9.10. The number of nitrogens with one attached hydrogen (secondary N) is 1. The van der Waals surface area contributed by atoms with Gasteiger partial charge in [-0.25, -0.2) is 13.6 Å². The number of hydrogen-bond donors (Lipinski definition) is 2. The van der Waals surface area contributed by atoms with Crippen molar-refractivity contribution in [2.75, 3.05) is 6.54 Å². The number of nitrogens with two attached hydrogens (primary N) is 1. The number of carbonyl (C=O) groups excluding carboxylic acids is 1. The van der Waals surface area contributed by atoms with E-state index in [1.807, 2.05) is 0 Å². The summed E-state index contributed by atoms with van der Waals surface area (Å²) in [7, 11) is -3.90. The van der Waals surface area contributed by atoms with Gasteiger partial charge in [-0.2, -0.15) is 0 Å². The van der Waals surface area contributed by atoms with Crippen LogP contribution in [0.15, 0.2) is 21.5 Å². The van der Waals surface area contributed by atoms with Crippen LogP contribution in [0.25, 0.3) is 0 Å². The molecule has 0 aromatic heterocycles. The quantitative estimate of drug-likeness (QED) is 0.693. The summed E-state index contributed by atoms with van der Waals surface area (Å²) in [5.41, 5.74) is 0.0885. The van der Waals surface area contributed by atoms with Gasteiger partial charge in [-0.15, -0.1) is 0 Å². The maximum Gasteiger partial charge on any atom is 0.252 e. The lowest BCUT2D eigenvalue weighted by molar-refractivity contribution is 0.0953. The van der Waals surface area contributed by atoms with Gasteiger partial charge in [-0.3, -0.25) is 4.79 Å². The smallest absolute Gasteiger partial charge is 0.252 e. The maximum absolute atomic E-state index is 12.1. The summed E-state index contributed by atoms with van der Waals surface area (Å²) in [6, 6.07) is 2.46. The Morgan fingerprint density at radius 1 is 1.33 bits per heavy atom. The van der Waals surface area contributed by atoms with Crippen molar-refractivity contribution in [2.45, 2.75) is 37.5 Å². The number of primary sulfonamides is 1. The molecule has 0 heterocycles. The number of rotatable bonds is 7. The Hall–Kier alpha value is -0.630. The molecule has 0 aliphatic rings. The number of amides is 1. The largest absolute Gasteiger partial charge is 0.352 e. The molecule has 0 aliphatic carbocycles. The fourth-order valence-electron chi connectivity index (χ4n) is 1.74. The summed E-state index contributed by atoms with van der Waals surface area (Å²) < 4.78 is 23.1. The standard InChI is InChI=1S/C13H18BrClN2O3S/c1-2-3-4-5-6-17-13(18)10-7-9(21(16,19)20)8-11(14)12(10)15/h7-8H,2-6H2,1H3,(H,17,18)(H2,16,19,20). The lowest BCUT2D eigenvalue weighted by atomic mass is 10.2. The molecule has 1 rings (SSSR count). The molecule has 21 heavy (non-hydrogen) atoms. The number of sulfonamides is 1. The SMILES string of the molecule is CCCCCCNC(=O)c1cc(S(N)(=O)=O)cc(Br)c1Cl. The van der Waals surface area contributed by atoms with E-state index in [0.29, 0.717) is 11.0 Å². The average Bonchev–Trinajstić information content (AvgIpc) is 2.40. The van der Waals surface area contributed by atoms with E-state index >= 15 is 0 Å². The Morgan fingerprint density at radius 2 is 2.00 bits per heavy atom. The maximum atomic E-state index is 12.1. The van der Waals surface area contributed by atoms with Crippen molar-refractivity contribution in [1.29, 1.82) is 0 Å². The number of unbranched alkanes of at least 4 members (excludes halogenated alkanes) is 3. The fourth-order valence-corrected chi connectivity index (χ4v) is 3.11. The van der Waals surface area contributed by atoms with Crippen LogP contribution in [0, 0.1) is 0 Å². The molecule has 3 N–H and O–H groups in total. The highest BCUT2D eigenvalue weighted by atomic mass is 79.9. The first-order valence-corrected chi connectivity index (χ1v) is 9.29. The molecule has 0 spiro atoms. The van der Waals surface area contributed by atoms with Crippen LogP contribution >= 0.6 is 27.5 Å². The van der Waals surface area contributed by atoms with Crippen molar-refractivity contribution in [2.24, 2.45) is 5.14 Å². The van der Waals surface area contributed by atoms with E-state index in [0.717, 1.165) is 25.7 Å². The molecule has 1 aromatic carbocycles. The molecule has 0 saturated carbocycles. The predicted molar refractivity (Wildman–Crippen MR) is 87.0 cm³/mol. The van der Waals surface area contributed by atoms with Crippen molar-refractivity contribution in [3.63, 3.8) is 0 Å². The first-order valence-electron chi connectivity index (χ1n) is 6.57. The highest BCUT2D eigenvalue weighted by Gasteiger charge is 2.18. The van der Waals surface area contributed by atoms with Crippen LogP contribution in [0.5, 0.6) is 0 Å². The zero-order valence-corrected chi connectivity index (χ0v) is 14.8. The topological polar surface area (TPSA) is 89.3 Å². The molecule has 1 amide bonds. The zero-order chi connectivity index (χ0) is 16.0. The monoisotopic (exact) mass is 396 g/mol. The van der Waals surface area contributed by atoms with Gasteiger partial charge in [-0.05, 0) is 34.5 Å². The van der Waals surface area contributed by atoms with Gasteiger partial charge in [0.15, 0.2) is 0 Å².